The van der Waals surface area contributed by atoms with E-state index in [0.29, 0.717) is 37.0 Å². The SMILES string of the molecule is CCCCCCCC(=O)CCCCCC/C=C/C(C(=O)NC(Cc1ccc(-c2ccc(OC)cc2)cc1)C(=O)O)C(O)(CC(=O)O)C(=O)O. The minimum absolute atomic E-state index is 0.147. The van der Waals surface area contributed by atoms with Gasteiger partial charge < -0.3 is 30.5 Å². The van der Waals surface area contributed by atoms with Crippen LogP contribution in [0.4, 0.5) is 0 Å². The summed E-state index contributed by atoms with van der Waals surface area (Å²) in [5.41, 5.74) is -0.666. The second-order valence-electron chi connectivity index (χ2n) is 12.4. The zero-order valence-electron chi connectivity index (χ0n) is 28.6. The van der Waals surface area contributed by atoms with Crippen LogP contribution in [0.1, 0.15) is 96.0 Å². The van der Waals surface area contributed by atoms with Crippen molar-refractivity contribution in [1.82, 2.24) is 5.32 Å². The molecular formula is C38H51NO10. The molecule has 49 heavy (non-hydrogen) atoms. The Morgan fingerprint density at radius 1 is 0.796 bits per heavy atom. The van der Waals surface area contributed by atoms with Gasteiger partial charge in [-0.05, 0) is 54.5 Å². The molecule has 268 valence electrons. The third-order valence-electron chi connectivity index (χ3n) is 8.48. The largest absolute Gasteiger partial charge is 0.497 e. The third kappa shape index (κ3) is 14.2. The van der Waals surface area contributed by atoms with Gasteiger partial charge in [-0.3, -0.25) is 14.4 Å². The summed E-state index contributed by atoms with van der Waals surface area (Å²) in [6.07, 6.45) is 11.3. The first-order valence-electron chi connectivity index (χ1n) is 17.0. The number of carboxylic acid groups (broad SMARTS) is 3. The highest BCUT2D eigenvalue weighted by atomic mass is 16.5. The van der Waals surface area contributed by atoms with Crippen LogP contribution >= 0.6 is 0 Å². The smallest absolute Gasteiger partial charge is 0.337 e. The number of methoxy groups -OCH3 is 1. The topological polar surface area (TPSA) is 188 Å². The molecule has 11 heteroatoms. The Morgan fingerprint density at radius 2 is 1.35 bits per heavy atom. The summed E-state index contributed by atoms with van der Waals surface area (Å²) in [7, 11) is 1.57. The molecule has 0 heterocycles. The first kappa shape index (κ1) is 40.7. The predicted octanol–water partition coefficient (Wildman–Crippen LogP) is 6.21. The Hall–Kier alpha value is -4.51. The van der Waals surface area contributed by atoms with E-state index < -0.39 is 47.8 Å². The Balaban J connectivity index is 2.03. The number of hydrogen-bond acceptors (Lipinski definition) is 7. The van der Waals surface area contributed by atoms with E-state index in [1.165, 1.54) is 12.5 Å². The molecule has 0 bridgehead atoms. The molecule has 0 aliphatic carbocycles. The number of ketones is 1. The maximum Gasteiger partial charge on any atom is 0.337 e. The fourth-order valence-electron chi connectivity index (χ4n) is 5.55. The summed E-state index contributed by atoms with van der Waals surface area (Å²) in [5.74, 6) is -6.98. The predicted molar refractivity (Wildman–Crippen MR) is 185 cm³/mol. The fourth-order valence-corrected chi connectivity index (χ4v) is 5.55. The van der Waals surface area contributed by atoms with Gasteiger partial charge in [0.1, 0.15) is 17.6 Å². The third-order valence-corrected chi connectivity index (χ3v) is 8.48. The van der Waals surface area contributed by atoms with E-state index >= 15 is 0 Å². The lowest BCUT2D eigenvalue weighted by Gasteiger charge is -2.29. The van der Waals surface area contributed by atoms with Crippen molar-refractivity contribution >= 4 is 29.6 Å². The number of unbranched alkanes of at least 4 members (excludes halogenated alkanes) is 8. The summed E-state index contributed by atoms with van der Waals surface area (Å²) in [6.45, 7) is 2.15. The van der Waals surface area contributed by atoms with Crippen LogP contribution in [0.2, 0.25) is 0 Å². The number of allylic oxidation sites excluding steroid dienone is 1. The normalized spacial score (nSPS) is 13.7. The zero-order chi connectivity index (χ0) is 36.2. The molecule has 1 amide bonds. The summed E-state index contributed by atoms with van der Waals surface area (Å²) < 4.78 is 5.18. The maximum atomic E-state index is 13.4. The molecular weight excluding hydrogens is 630 g/mol. The number of ether oxygens (including phenoxy) is 1. The lowest BCUT2D eigenvalue weighted by atomic mass is 9.82. The molecule has 11 nitrogen and oxygen atoms in total. The molecule has 0 aliphatic heterocycles. The van der Waals surface area contributed by atoms with E-state index in [1.54, 1.807) is 31.4 Å². The first-order valence-corrected chi connectivity index (χ1v) is 17.0. The van der Waals surface area contributed by atoms with Crippen molar-refractivity contribution < 1.29 is 49.1 Å². The lowest BCUT2D eigenvalue weighted by Crippen LogP contribution is -2.55. The van der Waals surface area contributed by atoms with Gasteiger partial charge in [0.2, 0.25) is 5.91 Å². The number of carbonyl (C=O) groups is 5. The quantitative estimate of drug-likeness (QED) is 0.0596. The molecule has 0 aliphatic rings. The van der Waals surface area contributed by atoms with Gasteiger partial charge in [0.25, 0.3) is 0 Å². The molecule has 2 aromatic carbocycles. The highest BCUT2D eigenvalue weighted by molar-refractivity contribution is 5.94. The van der Waals surface area contributed by atoms with Gasteiger partial charge >= 0.3 is 17.9 Å². The average molecular weight is 682 g/mol. The van der Waals surface area contributed by atoms with Gasteiger partial charge in [0.05, 0.1) is 19.4 Å². The van der Waals surface area contributed by atoms with Crippen LogP contribution in [0, 0.1) is 5.92 Å². The molecule has 3 unspecified atom stereocenters. The van der Waals surface area contributed by atoms with Gasteiger partial charge in [0, 0.05) is 19.3 Å². The Kier molecular flexibility index (Phi) is 17.8. The minimum Gasteiger partial charge on any atom is -0.497 e. The number of aliphatic carboxylic acids is 3. The summed E-state index contributed by atoms with van der Waals surface area (Å²) >= 11 is 0. The lowest BCUT2D eigenvalue weighted by molar-refractivity contribution is -0.172. The average Bonchev–Trinajstić information content (AvgIpc) is 3.07. The van der Waals surface area contributed by atoms with Gasteiger partial charge in [0.15, 0.2) is 5.60 Å². The van der Waals surface area contributed by atoms with Crippen molar-refractivity contribution in [3.63, 3.8) is 0 Å². The monoisotopic (exact) mass is 681 g/mol. The van der Waals surface area contributed by atoms with Crippen LogP contribution in [0.25, 0.3) is 11.1 Å². The Labute approximate surface area is 288 Å². The molecule has 3 atom stereocenters. The molecule has 0 radical (unpaired) electrons. The second-order valence-corrected chi connectivity index (χ2v) is 12.4. The fraction of sp³-hybridized carbons (Fsp3) is 0.500. The van der Waals surface area contributed by atoms with Crippen LogP contribution in [0.5, 0.6) is 5.75 Å². The van der Waals surface area contributed by atoms with Crippen molar-refractivity contribution in [2.24, 2.45) is 5.92 Å². The summed E-state index contributed by atoms with van der Waals surface area (Å²) in [6, 6.07) is 12.9. The molecule has 5 N–H and O–H groups in total. The van der Waals surface area contributed by atoms with E-state index in [1.807, 2.05) is 24.3 Å². The van der Waals surface area contributed by atoms with Crippen LogP contribution in [0.15, 0.2) is 60.7 Å². The number of rotatable bonds is 25. The summed E-state index contributed by atoms with van der Waals surface area (Å²) in [4.78, 5) is 61.2. The van der Waals surface area contributed by atoms with Gasteiger partial charge in [-0.1, -0.05) is 94.0 Å². The van der Waals surface area contributed by atoms with Crippen molar-refractivity contribution in [3.05, 3.63) is 66.2 Å². The molecule has 0 saturated carbocycles. The van der Waals surface area contributed by atoms with Crippen molar-refractivity contribution in [2.75, 3.05) is 7.11 Å². The Morgan fingerprint density at radius 3 is 1.86 bits per heavy atom. The minimum atomic E-state index is -3.02. The number of hydrogen-bond donors (Lipinski definition) is 5. The van der Waals surface area contributed by atoms with Crippen LogP contribution < -0.4 is 10.1 Å². The molecule has 0 saturated heterocycles. The van der Waals surface area contributed by atoms with Gasteiger partial charge in [-0.25, -0.2) is 9.59 Å². The van der Waals surface area contributed by atoms with Crippen molar-refractivity contribution in [1.29, 1.82) is 0 Å². The van der Waals surface area contributed by atoms with E-state index in [-0.39, 0.29) is 12.2 Å². The van der Waals surface area contributed by atoms with Crippen LogP contribution in [0.3, 0.4) is 0 Å². The summed E-state index contributed by atoms with van der Waals surface area (Å²) in [5, 5.41) is 42.3. The van der Waals surface area contributed by atoms with E-state index in [4.69, 9.17) is 4.74 Å². The van der Waals surface area contributed by atoms with Gasteiger partial charge in [-0.15, -0.1) is 0 Å². The molecule has 0 spiro atoms. The van der Waals surface area contributed by atoms with Crippen LogP contribution in [-0.4, -0.2) is 68.8 Å². The number of Topliss-reactive ketones (excluding diaryl/α,β-unsaturated/α-hetero) is 1. The first-order chi connectivity index (χ1) is 23.4. The molecule has 0 aromatic heterocycles. The van der Waals surface area contributed by atoms with Crippen molar-refractivity contribution in [3.8, 4) is 16.9 Å². The number of benzene rings is 2. The molecule has 0 fully saturated rings. The van der Waals surface area contributed by atoms with Gasteiger partial charge in [-0.2, -0.15) is 0 Å². The number of carbonyl (C=O) groups excluding carboxylic acids is 2. The van der Waals surface area contributed by atoms with E-state index in [9.17, 15) is 44.4 Å². The number of carboxylic acids is 3. The van der Waals surface area contributed by atoms with E-state index in [2.05, 4.69) is 12.2 Å². The highest BCUT2D eigenvalue weighted by Gasteiger charge is 2.49. The standard InChI is InChI=1S/C38H51NO10/c1-3-4-5-8-11-14-30(40)15-12-9-6-7-10-13-16-32(38(48,37(46)47)26-34(41)42)35(43)39-33(36(44)45)25-27-17-19-28(20-18-27)29-21-23-31(49-2)24-22-29/h13,16-24,32-33,48H,3-12,14-15,25-26H2,1-2H3,(H,39,43)(H,41,42)(H,44,45)(H,46,47)/b16-13+. The number of nitrogens with one attached hydrogen (secondary N) is 1. The maximum absolute atomic E-state index is 13.4. The molecule has 2 aromatic rings. The Bertz CT molecular complexity index is 1390. The second kappa shape index (κ2) is 21.5. The molecule has 2 rings (SSSR count). The number of amides is 1. The highest BCUT2D eigenvalue weighted by Crippen LogP contribution is 2.26. The van der Waals surface area contributed by atoms with Crippen molar-refractivity contribution in [2.45, 2.75) is 108 Å². The van der Waals surface area contributed by atoms with E-state index in [0.717, 1.165) is 62.1 Å². The number of aliphatic hydroxyl groups is 1. The van der Waals surface area contributed by atoms with Crippen LogP contribution in [-0.2, 0) is 30.4 Å². The zero-order valence-corrected chi connectivity index (χ0v) is 28.6.